The first-order chi connectivity index (χ1) is 9.99. The molecule has 0 saturated heterocycles. The van der Waals surface area contributed by atoms with Crippen LogP contribution in [0.1, 0.15) is 24.1 Å². The number of benzene rings is 2. The summed E-state index contributed by atoms with van der Waals surface area (Å²) in [6, 6.07) is 7.67. The average molecular weight is 358 g/mol. The number of likely N-dealkylation sites (N-methyl/N-ethyl adjacent to an activating group) is 1. The van der Waals surface area contributed by atoms with E-state index in [0.29, 0.717) is 24.1 Å². The standard InChI is InChI=1S/C16H15BrF3N/c1-2-21-16(14-8-11(17)3-4-15(14)20)7-10-5-12(18)9-13(19)6-10/h3-6,8-9,16,21H,2,7H2,1H3. The van der Waals surface area contributed by atoms with Crippen LogP contribution in [0.4, 0.5) is 13.2 Å². The first-order valence-electron chi connectivity index (χ1n) is 6.63. The van der Waals surface area contributed by atoms with Crippen LogP contribution < -0.4 is 5.32 Å². The molecule has 0 heterocycles. The van der Waals surface area contributed by atoms with Crippen molar-refractivity contribution in [1.29, 1.82) is 0 Å². The van der Waals surface area contributed by atoms with E-state index < -0.39 is 11.6 Å². The summed E-state index contributed by atoms with van der Waals surface area (Å²) < 4.78 is 41.3. The number of halogens is 4. The Bertz CT molecular complexity index is 611. The molecule has 5 heteroatoms. The van der Waals surface area contributed by atoms with E-state index in [0.717, 1.165) is 10.5 Å². The van der Waals surface area contributed by atoms with Crippen molar-refractivity contribution >= 4 is 15.9 Å². The summed E-state index contributed by atoms with van der Waals surface area (Å²) in [5.74, 6) is -1.61. The van der Waals surface area contributed by atoms with Gasteiger partial charge in [-0.05, 0) is 48.9 Å². The van der Waals surface area contributed by atoms with Gasteiger partial charge in [0.05, 0.1) is 0 Å². The molecule has 2 aromatic rings. The van der Waals surface area contributed by atoms with E-state index >= 15 is 0 Å². The molecule has 1 N–H and O–H groups in total. The molecule has 0 fully saturated rings. The van der Waals surface area contributed by atoms with E-state index in [1.165, 1.54) is 18.2 Å². The van der Waals surface area contributed by atoms with Crippen molar-refractivity contribution in [3.8, 4) is 0 Å². The normalized spacial score (nSPS) is 12.4. The molecule has 0 saturated carbocycles. The van der Waals surface area contributed by atoms with Crippen LogP contribution in [0.3, 0.4) is 0 Å². The van der Waals surface area contributed by atoms with Crippen LogP contribution in [-0.2, 0) is 6.42 Å². The molecule has 0 amide bonds. The van der Waals surface area contributed by atoms with Crippen molar-refractivity contribution < 1.29 is 13.2 Å². The molecule has 1 nitrogen and oxygen atoms in total. The zero-order valence-electron chi connectivity index (χ0n) is 11.5. The fourth-order valence-corrected chi connectivity index (χ4v) is 2.66. The Kier molecular flexibility index (Phi) is 5.42. The van der Waals surface area contributed by atoms with Gasteiger partial charge in [-0.25, -0.2) is 13.2 Å². The number of nitrogens with one attached hydrogen (secondary N) is 1. The second kappa shape index (κ2) is 7.09. The second-order valence-corrected chi connectivity index (χ2v) is 5.67. The first kappa shape index (κ1) is 16.0. The van der Waals surface area contributed by atoms with Gasteiger partial charge in [-0.1, -0.05) is 22.9 Å². The lowest BCUT2D eigenvalue weighted by Gasteiger charge is -2.19. The molecule has 1 atom stereocenters. The van der Waals surface area contributed by atoms with E-state index in [1.807, 2.05) is 6.92 Å². The average Bonchev–Trinajstić information content (AvgIpc) is 2.40. The molecule has 0 spiro atoms. The zero-order valence-corrected chi connectivity index (χ0v) is 13.1. The topological polar surface area (TPSA) is 12.0 Å². The molecular formula is C16H15BrF3N. The van der Waals surface area contributed by atoms with Crippen LogP contribution in [0.5, 0.6) is 0 Å². The highest BCUT2D eigenvalue weighted by Crippen LogP contribution is 2.25. The number of rotatable bonds is 5. The Morgan fingerprint density at radius 3 is 2.33 bits per heavy atom. The fourth-order valence-electron chi connectivity index (χ4n) is 2.28. The fraction of sp³-hybridized carbons (Fsp3) is 0.250. The Labute approximate surface area is 130 Å². The minimum absolute atomic E-state index is 0.301. The molecule has 112 valence electrons. The smallest absolute Gasteiger partial charge is 0.128 e. The van der Waals surface area contributed by atoms with Crippen LogP contribution >= 0.6 is 15.9 Å². The lowest BCUT2D eigenvalue weighted by atomic mass is 9.98. The van der Waals surface area contributed by atoms with Crippen molar-refractivity contribution in [3.63, 3.8) is 0 Å². The van der Waals surface area contributed by atoms with E-state index in [9.17, 15) is 13.2 Å². The van der Waals surface area contributed by atoms with Crippen molar-refractivity contribution in [3.05, 3.63) is 69.4 Å². The van der Waals surface area contributed by atoms with Gasteiger partial charge in [0.25, 0.3) is 0 Å². The largest absolute Gasteiger partial charge is 0.310 e. The van der Waals surface area contributed by atoms with E-state index in [1.54, 1.807) is 12.1 Å². The van der Waals surface area contributed by atoms with E-state index in [4.69, 9.17) is 0 Å². The predicted molar refractivity (Wildman–Crippen MR) is 80.6 cm³/mol. The maximum absolute atomic E-state index is 14.0. The highest BCUT2D eigenvalue weighted by molar-refractivity contribution is 9.10. The van der Waals surface area contributed by atoms with Gasteiger partial charge in [-0.2, -0.15) is 0 Å². The molecule has 0 aliphatic carbocycles. The van der Waals surface area contributed by atoms with E-state index in [2.05, 4.69) is 21.2 Å². The van der Waals surface area contributed by atoms with Crippen molar-refractivity contribution in [2.45, 2.75) is 19.4 Å². The lowest BCUT2D eigenvalue weighted by molar-refractivity contribution is 0.506. The van der Waals surface area contributed by atoms with Gasteiger partial charge in [-0.3, -0.25) is 0 Å². The van der Waals surface area contributed by atoms with Crippen molar-refractivity contribution in [2.24, 2.45) is 0 Å². The van der Waals surface area contributed by atoms with Gasteiger partial charge >= 0.3 is 0 Å². The summed E-state index contributed by atoms with van der Waals surface area (Å²) in [5.41, 5.74) is 0.953. The summed E-state index contributed by atoms with van der Waals surface area (Å²) in [6.45, 7) is 2.52. The Morgan fingerprint density at radius 1 is 1.05 bits per heavy atom. The Morgan fingerprint density at radius 2 is 1.71 bits per heavy atom. The number of hydrogen-bond acceptors (Lipinski definition) is 1. The molecule has 1 unspecified atom stereocenters. The lowest BCUT2D eigenvalue weighted by Crippen LogP contribution is -2.24. The summed E-state index contributed by atoms with van der Waals surface area (Å²) in [5, 5.41) is 3.15. The van der Waals surface area contributed by atoms with Gasteiger partial charge in [0.2, 0.25) is 0 Å². The maximum atomic E-state index is 14.0. The quantitative estimate of drug-likeness (QED) is 0.813. The molecule has 0 radical (unpaired) electrons. The summed E-state index contributed by atoms with van der Waals surface area (Å²) in [7, 11) is 0. The minimum atomic E-state index is -0.630. The molecule has 0 aromatic heterocycles. The third-order valence-corrected chi connectivity index (χ3v) is 3.64. The molecular weight excluding hydrogens is 343 g/mol. The first-order valence-corrected chi connectivity index (χ1v) is 7.42. The van der Waals surface area contributed by atoms with Crippen molar-refractivity contribution in [2.75, 3.05) is 6.54 Å². The Balaban J connectivity index is 2.32. The van der Waals surface area contributed by atoms with Crippen LogP contribution in [0.15, 0.2) is 40.9 Å². The van der Waals surface area contributed by atoms with Crippen molar-refractivity contribution in [1.82, 2.24) is 5.32 Å². The maximum Gasteiger partial charge on any atom is 0.128 e. The summed E-state index contributed by atoms with van der Waals surface area (Å²) in [4.78, 5) is 0. The van der Waals surface area contributed by atoms with Crippen LogP contribution in [-0.4, -0.2) is 6.54 Å². The predicted octanol–water partition coefficient (Wildman–Crippen LogP) is 4.76. The summed E-state index contributed by atoms with van der Waals surface area (Å²) in [6.07, 6.45) is 0.301. The third kappa shape index (κ3) is 4.32. The molecule has 2 aromatic carbocycles. The second-order valence-electron chi connectivity index (χ2n) is 4.76. The third-order valence-electron chi connectivity index (χ3n) is 3.15. The van der Waals surface area contributed by atoms with Gasteiger partial charge in [0, 0.05) is 22.1 Å². The number of hydrogen-bond donors (Lipinski definition) is 1. The van der Waals surface area contributed by atoms with Crippen LogP contribution in [0.25, 0.3) is 0 Å². The summed E-state index contributed by atoms with van der Waals surface area (Å²) >= 11 is 3.31. The van der Waals surface area contributed by atoms with Gasteiger partial charge < -0.3 is 5.32 Å². The molecule has 21 heavy (non-hydrogen) atoms. The zero-order chi connectivity index (χ0) is 15.4. The highest BCUT2D eigenvalue weighted by Gasteiger charge is 2.16. The Hall–Kier alpha value is -1.33. The van der Waals surface area contributed by atoms with Gasteiger partial charge in [-0.15, -0.1) is 0 Å². The molecule has 0 aliphatic heterocycles. The molecule has 0 bridgehead atoms. The highest BCUT2D eigenvalue weighted by atomic mass is 79.9. The van der Waals surface area contributed by atoms with Gasteiger partial charge in [0.15, 0.2) is 0 Å². The monoisotopic (exact) mass is 357 g/mol. The van der Waals surface area contributed by atoms with Gasteiger partial charge in [0.1, 0.15) is 17.5 Å². The SMILES string of the molecule is CCNC(Cc1cc(F)cc(F)c1)c1cc(Br)ccc1F. The minimum Gasteiger partial charge on any atom is -0.310 e. The molecule has 2 rings (SSSR count). The van der Waals surface area contributed by atoms with Crippen LogP contribution in [0.2, 0.25) is 0 Å². The molecule has 0 aliphatic rings. The van der Waals surface area contributed by atoms with E-state index in [-0.39, 0.29) is 11.9 Å². The van der Waals surface area contributed by atoms with Crippen LogP contribution in [0, 0.1) is 17.5 Å².